The van der Waals surface area contributed by atoms with Gasteiger partial charge in [-0.25, -0.2) is 0 Å². The Morgan fingerprint density at radius 1 is 1.26 bits per heavy atom. The summed E-state index contributed by atoms with van der Waals surface area (Å²) in [4.78, 5) is 0. The number of hydrogen-bond acceptors (Lipinski definition) is 3. The molecule has 0 spiro atoms. The van der Waals surface area contributed by atoms with Crippen molar-refractivity contribution in [3.8, 4) is 0 Å². The summed E-state index contributed by atoms with van der Waals surface area (Å²) in [6.07, 6.45) is -2.59. The van der Waals surface area contributed by atoms with Crippen LogP contribution in [0.4, 0.5) is 13.2 Å². The second kappa shape index (κ2) is 6.63. The molecule has 0 saturated carbocycles. The molecular formula is C13H18F3NOS. The first kappa shape index (κ1) is 16.3. The zero-order valence-corrected chi connectivity index (χ0v) is 11.7. The summed E-state index contributed by atoms with van der Waals surface area (Å²) >= 11 is 1.39. The summed E-state index contributed by atoms with van der Waals surface area (Å²) in [7, 11) is 0. The van der Waals surface area contributed by atoms with Crippen molar-refractivity contribution in [3.63, 3.8) is 0 Å². The molecule has 0 aromatic heterocycles. The lowest BCUT2D eigenvalue weighted by Crippen LogP contribution is -2.45. The van der Waals surface area contributed by atoms with Gasteiger partial charge in [-0.3, -0.25) is 5.32 Å². The van der Waals surface area contributed by atoms with Gasteiger partial charge in [0, 0.05) is 12.3 Å². The molecule has 0 radical (unpaired) electrons. The molecule has 0 bridgehead atoms. The summed E-state index contributed by atoms with van der Waals surface area (Å²) in [5, 5.41) is 12.3. The van der Waals surface area contributed by atoms with Crippen molar-refractivity contribution in [2.45, 2.75) is 24.7 Å². The zero-order chi connectivity index (χ0) is 14.5. The van der Waals surface area contributed by atoms with Gasteiger partial charge in [0.15, 0.2) is 0 Å². The fraction of sp³-hybridized carbons (Fsp3) is 0.538. The van der Waals surface area contributed by atoms with Crippen molar-refractivity contribution in [1.29, 1.82) is 0 Å². The molecule has 2 N–H and O–H groups in total. The topological polar surface area (TPSA) is 32.3 Å². The lowest BCUT2D eigenvalue weighted by molar-refractivity contribution is -0.159. The fourth-order valence-corrected chi connectivity index (χ4v) is 2.48. The average molecular weight is 293 g/mol. The van der Waals surface area contributed by atoms with Crippen LogP contribution < -0.4 is 5.32 Å². The molecule has 2 atom stereocenters. The third-order valence-corrected chi connectivity index (χ3v) is 3.51. The van der Waals surface area contributed by atoms with Gasteiger partial charge in [0.1, 0.15) is 6.04 Å². The Labute approximate surface area is 115 Å². The lowest BCUT2D eigenvalue weighted by Gasteiger charge is -2.28. The van der Waals surface area contributed by atoms with Crippen LogP contribution in [-0.2, 0) is 0 Å². The molecule has 19 heavy (non-hydrogen) atoms. The van der Waals surface area contributed by atoms with Crippen LogP contribution in [0.3, 0.4) is 0 Å². The number of benzene rings is 1. The van der Waals surface area contributed by atoms with Crippen molar-refractivity contribution in [2.75, 3.05) is 18.6 Å². The normalized spacial score (nSPS) is 16.9. The highest BCUT2D eigenvalue weighted by molar-refractivity contribution is 7.98. The van der Waals surface area contributed by atoms with Crippen molar-refractivity contribution in [1.82, 2.24) is 5.32 Å². The van der Waals surface area contributed by atoms with Gasteiger partial charge in [0.25, 0.3) is 0 Å². The van der Waals surface area contributed by atoms with E-state index in [1.807, 2.05) is 0 Å². The molecule has 6 heteroatoms. The summed E-state index contributed by atoms with van der Waals surface area (Å²) < 4.78 is 39.1. The minimum atomic E-state index is -4.39. The summed E-state index contributed by atoms with van der Waals surface area (Å²) in [6.45, 7) is 1.40. The van der Waals surface area contributed by atoms with Crippen LogP contribution >= 0.6 is 11.8 Å². The molecule has 1 rings (SSSR count). The molecular weight excluding hydrogens is 275 g/mol. The standard InChI is InChI=1S/C13H18F3NOS/c1-12(18,9-19-2)8-17-11(13(14,15)16)10-6-4-3-5-7-10/h3-7,11,17-18H,8-9H2,1-2H3. The number of nitrogens with one attached hydrogen (secondary N) is 1. The number of alkyl halides is 3. The highest BCUT2D eigenvalue weighted by atomic mass is 32.2. The van der Waals surface area contributed by atoms with Gasteiger partial charge < -0.3 is 5.11 Å². The largest absolute Gasteiger partial charge is 0.407 e. The first-order chi connectivity index (χ1) is 8.76. The third kappa shape index (κ3) is 5.42. The fourth-order valence-electron chi connectivity index (χ4n) is 1.75. The predicted octanol–water partition coefficient (Wildman–Crippen LogP) is 2.99. The molecule has 0 aliphatic rings. The Kier molecular flexibility index (Phi) is 5.70. The Morgan fingerprint density at radius 2 is 1.84 bits per heavy atom. The van der Waals surface area contributed by atoms with E-state index < -0.39 is 17.8 Å². The number of thioether (sulfide) groups is 1. The van der Waals surface area contributed by atoms with Gasteiger partial charge in [-0.05, 0) is 18.7 Å². The maximum absolute atomic E-state index is 13.0. The van der Waals surface area contributed by atoms with Gasteiger partial charge >= 0.3 is 6.18 Å². The SMILES string of the molecule is CSCC(C)(O)CNC(c1ccccc1)C(F)(F)F. The molecule has 2 unspecified atom stereocenters. The number of aliphatic hydroxyl groups is 1. The average Bonchev–Trinajstić information content (AvgIpc) is 2.28. The van der Waals surface area contributed by atoms with Crippen LogP contribution in [0.2, 0.25) is 0 Å². The van der Waals surface area contributed by atoms with Crippen molar-refractivity contribution in [3.05, 3.63) is 35.9 Å². The zero-order valence-electron chi connectivity index (χ0n) is 10.9. The first-order valence-electron chi connectivity index (χ1n) is 5.82. The van der Waals surface area contributed by atoms with E-state index in [1.54, 1.807) is 24.5 Å². The minimum Gasteiger partial charge on any atom is -0.388 e. The molecule has 108 valence electrons. The van der Waals surface area contributed by atoms with E-state index in [9.17, 15) is 18.3 Å². The van der Waals surface area contributed by atoms with Crippen LogP contribution in [0.25, 0.3) is 0 Å². The monoisotopic (exact) mass is 293 g/mol. The van der Waals surface area contributed by atoms with E-state index in [1.165, 1.54) is 30.8 Å². The van der Waals surface area contributed by atoms with Gasteiger partial charge in [-0.1, -0.05) is 30.3 Å². The maximum atomic E-state index is 13.0. The van der Waals surface area contributed by atoms with E-state index in [4.69, 9.17) is 0 Å². The van der Waals surface area contributed by atoms with Gasteiger partial charge in [-0.15, -0.1) is 0 Å². The molecule has 1 aromatic carbocycles. The van der Waals surface area contributed by atoms with E-state index >= 15 is 0 Å². The molecule has 0 fully saturated rings. The Bertz CT molecular complexity index is 381. The summed E-state index contributed by atoms with van der Waals surface area (Å²) in [5.74, 6) is 0.374. The second-order valence-corrected chi connectivity index (χ2v) is 5.56. The van der Waals surface area contributed by atoms with Crippen LogP contribution in [0, 0.1) is 0 Å². The minimum absolute atomic E-state index is 0.118. The van der Waals surface area contributed by atoms with Crippen LogP contribution in [0.5, 0.6) is 0 Å². The van der Waals surface area contributed by atoms with E-state index in [0.29, 0.717) is 5.75 Å². The summed E-state index contributed by atoms with van der Waals surface area (Å²) in [6, 6.07) is 5.89. The predicted molar refractivity (Wildman–Crippen MR) is 72.2 cm³/mol. The first-order valence-corrected chi connectivity index (χ1v) is 7.22. The molecule has 0 saturated heterocycles. The van der Waals surface area contributed by atoms with Crippen LogP contribution in [-0.4, -0.2) is 35.4 Å². The Morgan fingerprint density at radius 3 is 2.32 bits per heavy atom. The van der Waals surface area contributed by atoms with Crippen molar-refractivity contribution in [2.24, 2.45) is 0 Å². The van der Waals surface area contributed by atoms with Crippen LogP contribution in [0.15, 0.2) is 30.3 Å². The summed E-state index contributed by atoms with van der Waals surface area (Å²) in [5.41, 5.74) is -1.02. The number of halogens is 3. The quantitative estimate of drug-likeness (QED) is 0.845. The third-order valence-electron chi connectivity index (χ3n) is 2.60. The van der Waals surface area contributed by atoms with E-state index in [2.05, 4.69) is 5.32 Å². The molecule has 0 amide bonds. The lowest BCUT2D eigenvalue weighted by atomic mass is 10.0. The number of hydrogen-bond donors (Lipinski definition) is 2. The Balaban J connectivity index is 2.78. The van der Waals surface area contributed by atoms with Gasteiger partial charge in [0.05, 0.1) is 5.60 Å². The van der Waals surface area contributed by atoms with Gasteiger partial charge in [-0.2, -0.15) is 24.9 Å². The molecule has 0 aliphatic heterocycles. The molecule has 2 nitrogen and oxygen atoms in total. The number of rotatable bonds is 6. The van der Waals surface area contributed by atoms with Gasteiger partial charge in [0.2, 0.25) is 0 Å². The molecule has 0 heterocycles. The smallest absolute Gasteiger partial charge is 0.388 e. The Hall–Kier alpha value is -0.720. The highest BCUT2D eigenvalue weighted by Gasteiger charge is 2.41. The molecule has 0 aliphatic carbocycles. The van der Waals surface area contributed by atoms with Crippen molar-refractivity contribution < 1.29 is 18.3 Å². The second-order valence-electron chi connectivity index (χ2n) is 4.70. The maximum Gasteiger partial charge on any atom is 0.407 e. The van der Waals surface area contributed by atoms with E-state index in [0.717, 1.165) is 0 Å². The highest BCUT2D eigenvalue weighted by Crippen LogP contribution is 2.32. The van der Waals surface area contributed by atoms with Crippen molar-refractivity contribution >= 4 is 11.8 Å². The van der Waals surface area contributed by atoms with Crippen LogP contribution in [0.1, 0.15) is 18.5 Å². The van der Waals surface area contributed by atoms with E-state index in [-0.39, 0.29) is 12.1 Å². The molecule has 1 aromatic rings.